The first-order chi connectivity index (χ1) is 19.0. The molecule has 2 fully saturated rings. The van der Waals surface area contributed by atoms with Crippen LogP contribution in [0.1, 0.15) is 78.3 Å². The fourth-order valence-electron chi connectivity index (χ4n) is 5.84. The van der Waals surface area contributed by atoms with Crippen molar-refractivity contribution in [2.75, 3.05) is 19.0 Å². The lowest BCUT2D eigenvalue weighted by Crippen LogP contribution is -2.21. The zero-order valence-electron chi connectivity index (χ0n) is 22.5. The fraction of sp³-hybridized carbons (Fsp3) is 0.394. The van der Waals surface area contributed by atoms with Gasteiger partial charge < -0.3 is 19.9 Å². The molecule has 0 saturated heterocycles. The average molecular weight is 528 g/mol. The molecule has 2 aliphatic carbocycles. The molecule has 0 spiro atoms. The van der Waals surface area contributed by atoms with Crippen LogP contribution in [-0.2, 0) is 4.79 Å². The van der Waals surface area contributed by atoms with Gasteiger partial charge in [-0.15, -0.1) is 0 Å². The van der Waals surface area contributed by atoms with Gasteiger partial charge in [-0.1, -0.05) is 30.3 Å². The number of carboxylic acids is 1. The third-order valence-electron chi connectivity index (χ3n) is 8.19. The standard InChI is InChI=1S/C33H37NO5/c1-38-27-16-17-31(34-33(37)25-6-3-2-4-7-25)30(19-27)24-12-10-22(11-13-24)21-39-28-9-5-8-26(18-28)29(20-32(35)36)23-14-15-23/h2-9,16-19,22-24,29H,10-15,20-21H2,1H3,(H,34,37)(H,35,36). The lowest BCUT2D eigenvalue weighted by atomic mass is 9.78. The number of carbonyl (C=O) groups is 2. The van der Waals surface area contributed by atoms with Gasteiger partial charge in [-0.25, -0.2) is 0 Å². The van der Waals surface area contributed by atoms with Crippen molar-refractivity contribution in [2.24, 2.45) is 11.8 Å². The van der Waals surface area contributed by atoms with Crippen LogP contribution in [0.25, 0.3) is 0 Å². The van der Waals surface area contributed by atoms with Gasteiger partial charge in [-0.3, -0.25) is 9.59 Å². The zero-order chi connectivity index (χ0) is 27.2. The largest absolute Gasteiger partial charge is 0.497 e. The molecule has 39 heavy (non-hydrogen) atoms. The number of ether oxygens (including phenoxy) is 2. The predicted molar refractivity (Wildman–Crippen MR) is 152 cm³/mol. The molecule has 1 amide bonds. The quantitative estimate of drug-likeness (QED) is 0.274. The predicted octanol–water partition coefficient (Wildman–Crippen LogP) is 7.27. The van der Waals surface area contributed by atoms with Crippen molar-refractivity contribution in [3.8, 4) is 11.5 Å². The van der Waals surface area contributed by atoms with Crippen LogP contribution >= 0.6 is 0 Å². The number of rotatable bonds is 11. The summed E-state index contributed by atoms with van der Waals surface area (Å²) in [6.45, 7) is 0.652. The van der Waals surface area contributed by atoms with Gasteiger partial charge >= 0.3 is 5.97 Å². The Morgan fingerprint density at radius 1 is 0.897 bits per heavy atom. The van der Waals surface area contributed by atoms with Gasteiger partial charge in [-0.05, 0) is 116 Å². The summed E-state index contributed by atoms with van der Waals surface area (Å²) in [5.74, 6) is 2.10. The van der Waals surface area contributed by atoms with E-state index in [0.29, 0.717) is 29.9 Å². The third-order valence-corrected chi connectivity index (χ3v) is 8.19. The molecule has 2 aliphatic rings. The van der Waals surface area contributed by atoms with E-state index in [9.17, 15) is 14.7 Å². The van der Waals surface area contributed by atoms with Crippen LogP contribution in [0.2, 0.25) is 0 Å². The number of anilines is 1. The molecule has 204 valence electrons. The summed E-state index contributed by atoms with van der Waals surface area (Å²) in [7, 11) is 1.67. The van der Waals surface area contributed by atoms with Crippen LogP contribution in [0.5, 0.6) is 11.5 Å². The molecule has 1 unspecified atom stereocenters. The van der Waals surface area contributed by atoms with Gasteiger partial charge in [0.2, 0.25) is 0 Å². The maximum absolute atomic E-state index is 12.8. The third kappa shape index (κ3) is 6.99. The number of hydrogen-bond donors (Lipinski definition) is 2. The lowest BCUT2D eigenvalue weighted by Gasteiger charge is -2.30. The van der Waals surface area contributed by atoms with E-state index in [1.807, 2.05) is 66.7 Å². The number of carboxylic acid groups (broad SMARTS) is 1. The van der Waals surface area contributed by atoms with Crippen molar-refractivity contribution in [1.29, 1.82) is 0 Å². The van der Waals surface area contributed by atoms with Crippen molar-refractivity contribution in [2.45, 2.75) is 56.8 Å². The number of benzene rings is 3. The molecular weight excluding hydrogens is 490 g/mol. The highest BCUT2D eigenvalue weighted by Crippen LogP contribution is 2.45. The second-order valence-corrected chi connectivity index (χ2v) is 10.9. The second kappa shape index (κ2) is 12.4. The monoisotopic (exact) mass is 527 g/mol. The summed E-state index contributed by atoms with van der Waals surface area (Å²) in [5.41, 5.74) is 3.67. The van der Waals surface area contributed by atoms with E-state index in [-0.39, 0.29) is 18.2 Å². The Morgan fingerprint density at radius 3 is 2.36 bits per heavy atom. The number of amides is 1. The van der Waals surface area contributed by atoms with E-state index in [4.69, 9.17) is 9.47 Å². The molecule has 0 radical (unpaired) electrons. The summed E-state index contributed by atoms with van der Waals surface area (Å²) in [5, 5.41) is 12.5. The molecule has 1 atom stereocenters. The SMILES string of the molecule is COc1ccc(NC(=O)c2ccccc2)c(C2CCC(COc3cccc(C(CC(=O)O)C4CC4)c3)CC2)c1. The van der Waals surface area contributed by atoms with Crippen LogP contribution in [0, 0.1) is 11.8 Å². The summed E-state index contributed by atoms with van der Waals surface area (Å²) in [6, 6.07) is 23.2. The molecule has 0 heterocycles. The lowest BCUT2D eigenvalue weighted by molar-refractivity contribution is -0.137. The Morgan fingerprint density at radius 2 is 1.67 bits per heavy atom. The number of hydrogen-bond acceptors (Lipinski definition) is 4. The Balaban J connectivity index is 1.19. The van der Waals surface area contributed by atoms with Gasteiger partial charge in [0.05, 0.1) is 20.1 Å². The van der Waals surface area contributed by atoms with Gasteiger partial charge in [0.15, 0.2) is 0 Å². The topological polar surface area (TPSA) is 84.9 Å². The van der Waals surface area contributed by atoms with E-state index >= 15 is 0 Å². The zero-order valence-corrected chi connectivity index (χ0v) is 22.5. The Hall–Kier alpha value is -3.80. The highest BCUT2D eigenvalue weighted by molar-refractivity contribution is 6.04. The Kier molecular flexibility index (Phi) is 8.50. The normalized spacial score (nSPS) is 19.6. The number of aliphatic carboxylic acids is 1. The second-order valence-electron chi connectivity index (χ2n) is 10.9. The Labute approximate surface area is 230 Å². The van der Waals surface area contributed by atoms with Gasteiger partial charge in [0, 0.05) is 11.3 Å². The molecule has 0 aliphatic heterocycles. The maximum atomic E-state index is 12.8. The first-order valence-corrected chi connectivity index (χ1v) is 14.0. The summed E-state index contributed by atoms with van der Waals surface area (Å²) in [6.07, 6.45) is 6.49. The van der Waals surface area contributed by atoms with Gasteiger partial charge in [0.25, 0.3) is 5.91 Å². The smallest absolute Gasteiger partial charge is 0.303 e. The van der Waals surface area contributed by atoms with Crippen LogP contribution in [0.15, 0.2) is 72.8 Å². The Bertz CT molecular complexity index is 1280. The molecule has 6 heteroatoms. The molecular formula is C33H37NO5. The number of nitrogens with one attached hydrogen (secondary N) is 1. The van der Waals surface area contributed by atoms with Crippen LogP contribution in [0.4, 0.5) is 5.69 Å². The maximum Gasteiger partial charge on any atom is 0.303 e. The van der Waals surface area contributed by atoms with Crippen molar-refractivity contribution in [3.63, 3.8) is 0 Å². The van der Waals surface area contributed by atoms with Crippen molar-refractivity contribution in [1.82, 2.24) is 0 Å². The van der Waals surface area contributed by atoms with Crippen LogP contribution in [0.3, 0.4) is 0 Å². The van der Waals surface area contributed by atoms with Gasteiger partial charge in [-0.2, -0.15) is 0 Å². The van der Waals surface area contributed by atoms with E-state index in [1.165, 1.54) is 0 Å². The van der Waals surface area contributed by atoms with Crippen molar-refractivity contribution >= 4 is 17.6 Å². The number of carbonyl (C=O) groups excluding carboxylic acids is 1. The summed E-state index contributed by atoms with van der Waals surface area (Å²) < 4.78 is 11.7. The van der Waals surface area contributed by atoms with Crippen molar-refractivity contribution < 1.29 is 24.2 Å². The molecule has 3 aromatic carbocycles. The highest BCUT2D eigenvalue weighted by Gasteiger charge is 2.34. The van der Waals surface area contributed by atoms with Crippen molar-refractivity contribution in [3.05, 3.63) is 89.5 Å². The van der Waals surface area contributed by atoms with E-state index in [1.54, 1.807) is 7.11 Å². The molecule has 6 nitrogen and oxygen atoms in total. The molecule has 0 aromatic heterocycles. The molecule has 2 N–H and O–H groups in total. The van der Waals surface area contributed by atoms with E-state index in [0.717, 1.165) is 66.8 Å². The first kappa shape index (κ1) is 26.8. The highest BCUT2D eigenvalue weighted by atomic mass is 16.5. The van der Waals surface area contributed by atoms with E-state index in [2.05, 4.69) is 11.4 Å². The molecule has 2 saturated carbocycles. The first-order valence-electron chi connectivity index (χ1n) is 14.0. The number of methoxy groups -OCH3 is 1. The summed E-state index contributed by atoms with van der Waals surface area (Å²) in [4.78, 5) is 24.2. The van der Waals surface area contributed by atoms with Crippen LogP contribution in [-0.4, -0.2) is 30.7 Å². The minimum atomic E-state index is -0.742. The fourth-order valence-corrected chi connectivity index (χ4v) is 5.84. The van der Waals surface area contributed by atoms with E-state index < -0.39 is 5.97 Å². The minimum absolute atomic E-state index is 0.0703. The van der Waals surface area contributed by atoms with Gasteiger partial charge in [0.1, 0.15) is 11.5 Å². The van der Waals surface area contributed by atoms with Crippen LogP contribution < -0.4 is 14.8 Å². The molecule has 0 bridgehead atoms. The average Bonchev–Trinajstić information content (AvgIpc) is 3.81. The molecule has 5 rings (SSSR count). The molecule has 3 aromatic rings. The minimum Gasteiger partial charge on any atom is -0.497 e. The summed E-state index contributed by atoms with van der Waals surface area (Å²) >= 11 is 0.